The molecule has 1 atom stereocenters. The molecule has 19 heavy (non-hydrogen) atoms. The zero-order valence-electron chi connectivity index (χ0n) is 11.0. The van der Waals surface area contributed by atoms with Gasteiger partial charge in [0.1, 0.15) is 6.10 Å². The van der Waals surface area contributed by atoms with Crippen molar-refractivity contribution in [2.75, 3.05) is 13.2 Å². The van der Waals surface area contributed by atoms with Crippen molar-refractivity contribution in [3.05, 3.63) is 47.5 Å². The highest BCUT2D eigenvalue weighted by Crippen LogP contribution is 2.53. The molecule has 0 spiro atoms. The predicted octanol–water partition coefficient (Wildman–Crippen LogP) is 4.76. The van der Waals surface area contributed by atoms with Crippen LogP contribution in [0.4, 0.5) is 0 Å². The molecule has 0 aromatic heterocycles. The summed E-state index contributed by atoms with van der Waals surface area (Å²) in [5, 5.41) is 0.615. The molecule has 0 heterocycles. The highest BCUT2D eigenvalue weighted by Gasteiger charge is 2.29. The fourth-order valence-corrected chi connectivity index (χ4v) is 2.89. The molecule has 1 rings (SSSR count). The zero-order chi connectivity index (χ0) is 14.3. The van der Waals surface area contributed by atoms with Crippen molar-refractivity contribution in [3.63, 3.8) is 0 Å². The van der Waals surface area contributed by atoms with Gasteiger partial charge in [-0.3, -0.25) is 13.6 Å². The van der Waals surface area contributed by atoms with Crippen LogP contribution in [-0.2, 0) is 18.1 Å². The Morgan fingerprint density at radius 2 is 1.79 bits per heavy atom. The number of rotatable bonds is 8. The Bertz CT molecular complexity index is 436. The molecule has 0 saturated carbocycles. The van der Waals surface area contributed by atoms with E-state index >= 15 is 0 Å². The van der Waals surface area contributed by atoms with E-state index in [-0.39, 0.29) is 13.2 Å². The van der Waals surface area contributed by atoms with Crippen molar-refractivity contribution < 1.29 is 18.1 Å². The minimum absolute atomic E-state index is 0.238. The monoisotopic (exact) mass is 304 g/mol. The molecule has 1 aromatic rings. The van der Waals surface area contributed by atoms with Gasteiger partial charge in [0.15, 0.2) is 0 Å². The maximum absolute atomic E-state index is 12.3. The summed E-state index contributed by atoms with van der Waals surface area (Å²) in [6.07, 6.45) is 0.953. The summed E-state index contributed by atoms with van der Waals surface area (Å²) >= 11 is 5.82. The third kappa shape index (κ3) is 5.09. The van der Waals surface area contributed by atoms with Crippen molar-refractivity contribution in [1.29, 1.82) is 0 Å². The number of hydrogen-bond donors (Lipinski definition) is 0. The quantitative estimate of drug-likeness (QED) is 0.513. The van der Waals surface area contributed by atoms with E-state index in [0.29, 0.717) is 5.02 Å². The summed E-state index contributed by atoms with van der Waals surface area (Å²) in [6, 6.07) is 7.00. The van der Waals surface area contributed by atoms with Crippen LogP contribution in [0.25, 0.3) is 0 Å². The largest absolute Gasteiger partial charge is 0.475 e. The summed E-state index contributed by atoms with van der Waals surface area (Å²) in [5.41, 5.74) is 0.777. The maximum atomic E-state index is 12.3. The van der Waals surface area contributed by atoms with E-state index in [1.165, 1.54) is 6.08 Å². The van der Waals surface area contributed by atoms with Gasteiger partial charge in [0, 0.05) is 5.02 Å². The number of phosphoric ester groups is 1. The second kappa shape index (κ2) is 7.83. The summed E-state index contributed by atoms with van der Waals surface area (Å²) < 4.78 is 27.9. The highest BCUT2D eigenvalue weighted by atomic mass is 35.5. The van der Waals surface area contributed by atoms with Crippen LogP contribution in [0.15, 0.2) is 36.9 Å². The first-order chi connectivity index (χ1) is 9.04. The first-order valence-corrected chi connectivity index (χ1v) is 7.84. The van der Waals surface area contributed by atoms with Crippen LogP contribution in [0.1, 0.15) is 25.5 Å². The van der Waals surface area contributed by atoms with Gasteiger partial charge in [-0.25, -0.2) is 4.57 Å². The van der Waals surface area contributed by atoms with Gasteiger partial charge < -0.3 is 0 Å². The van der Waals surface area contributed by atoms with E-state index in [2.05, 4.69) is 6.58 Å². The topological polar surface area (TPSA) is 44.8 Å². The molecular formula is C13H18ClO4P. The number of hydrogen-bond acceptors (Lipinski definition) is 4. The van der Waals surface area contributed by atoms with Crippen molar-refractivity contribution >= 4 is 19.4 Å². The van der Waals surface area contributed by atoms with E-state index < -0.39 is 13.9 Å². The summed E-state index contributed by atoms with van der Waals surface area (Å²) in [5.74, 6) is 0. The maximum Gasteiger partial charge on any atom is 0.475 e. The molecule has 6 heteroatoms. The predicted molar refractivity (Wildman–Crippen MR) is 76.3 cm³/mol. The molecule has 0 amide bonds. The number of benzene rings is 1. The molecule has 1 unspecified atom stereocenters. The van der Waals surface area contributed by atoms with E-state index in [0.717, 1.165) is 5.56 Å². The van der Waals surface area contributed by atoms with Crippen LogP contribution in [0.2, 0.25) is 5.02 Å². The summed E-state index contributed by atoms with van der Waals surface area (Å²) in [4.78, 5) is 0. The lowest BCUT2D eigenvalue weighted by Crippen LogP contribution is -2.05. The Hall–Kier alpha value is -0.640. The van der Waals surface area contributed by atoms with Crippen molar-refractivity contribution in [1.82, 2.24) is 0 Å². The Balaban J connectivity index is 2.88. The second-order valence-corrected chi connectivity index (χ2v) is 5.65. The molecule has 106 valence electrons. The third-order valence-corrected chi connectivity index (χ3v) is 4.12. The lowest BCUT2D eigenvalue weighted by Gasteiger charge is -2.21. The van der Waals surface area contributed by atoms with Gasteiger partial charge in [0.25, 0.3) is 0 Å². The van der Waals surface area contributed by atoms with E-state index in [1.807, 2.05) is 0 Å². The minimum Gasteiger partial charge on any atom is -0.287 e. The van der Waals surface area contributed by atoms with Gasteiger partial charge in [-0.1, -0.05) is 29.8 Å². The van der Waals surface area contributed by atoms with E-state index in [4.69, 9.17) is 25.2 Å². The molecule has 0 radical (unpaired) electrons. The smallest absolute Gasteiger partial charge is 0.287 e. The number of phosphoric acid groups is 1. The average molecular weight is 305 g/mol. The molecule has 0 aliphatic carbocycles. The summed E-state index contributed by atoms with van der Waals surface area (Å²) in [6.45, 7) is 7.59. The Kier molecular flexibility index (Phi) is 6.76. The molecule has 4 nitrogen and oxygen atoms in total. The van der Waals surface area contributed by atoms with Gasteiger partial charge in [-0.05, 0) is 31.5 Å². The average Bonchev–Trinajstić information content (AvgIpc) is 2.38. The van der Waals surface area contributed by atoms with Crippen LogP contribution < -0.4 is 0 Å². The summed E-state index contributed by atoms with van der Waals surface area (Å²) in [7, 11) is -3.57. The fourth-order valence-electron chi connectivity index (χ4n) is 1.45. The molecule has 0 N–H and O–H groups in total. The van der Waals surface area contributed by atoms with Gasteiger partial charge in [0.05, 0.1) is 13.2 Å². The SMILES string of the molecule is C=CC(OP(=O)(OCC)OCC)c1ccc(Cl)cc1. The molecule has 0 fully saturated rings. The van der Waals surface area contributed by atoms with Crippen molar-refractivity contribution in [2.45, 2.75) is 20.0 Å². The van der Waals surface area contributed by atoms with Gasteiger partial charge >= 0.3 is 7.82 Å². The van der Waals surface area contributed by atoms with E-state index in [9.17, 15) is 4.57 Å². The normalized spacial score (nSPS) is 13.2. The molecule has 1 aromatic carbocycles. The van der Waals surface area contributed by atoms with Gasteiger partial charge in [-0.15, -0.1) is 6.58 Å². The van der Waals surface area contributed by atoms with Crippen LogP contribution >= 0.6 is 19.4 Å². The fraction of sp³-hybridized carbons (Fsp3) is 0.385. The second-order valence-electron chi connectivity index (χ2n) is 3.60. The molecule has 0 aliphatic rings. The first kappa shape index (κ1) is 16.4. The Labute approximate surface area is 118 Å². The molecular weight excluding hydrogens is 287 g/mol. The van der Waals surface area contributed by atoms with E-state index in [1.54, 1.807) is 38.1 Å². The van der Waals surface area contributed by atoms with Crippen LogP contribution in [0.5, 0.6) is 0 Å². The lowest BCUT2D eigenvalue weighted by atomic mass is 10.1. The van der Waals surface area contributed by atoms with Crippen molar-refractivity contribution in [2.24, 2.45) is 0 Å². The minimum atomic E-state index is -3.57. The van der Waals surface area contributed by atoms with Crippen LogP contribution in [-0.4, -0.2) is 13.2 Å². The first-order valence-electron chi connectivity index (χ1n) is 6.00. The molecule has 0 bridgehead atoms. The Morgan fingerprint density at radius 1 is 1.26 bits per heavy atom. The number of halogens is 1. The van der Waals surface area contributed by atoms with Crippen LogP contribution in [0.3, 0.4) is 0 Å². The third-order valence-electron chi connectivity index (χ3n) is 2.23. The van der Waals surface area contributed by atoms with Gasteiger partial charge in [0.2, 0.25) is 0 Å². The van der Waals surface area contributed by atoms with Crippen molar-refractivity contribution in [3.8, 4) is 0 Å². The molecule has 0 saturated heterocycles. The van der Waals surface area contributed by atoms with Crippen LogP contribution in [0, 0.1) is 0 Å². The van der Waals surface area contributed by atoms with Gasteiger partial charge in [-0.2, -0.15) is 0 Å². The standard InChI is InChI=1S/C13H18ClO4P/c1-4-13(11-7-9-12(14)10-8-11)18-19(15,16-5-2)17-6-3/h4,7-10,13H,1,5-6H2,2-3H3. The lowest BCUT2D eigenvalue weighted by molar-refractivity contribution is 0.101. The molecule has 0 aliphatic heterocycles. The Morgan fingerprint density at radius 3 is 2.21 bits per heavy atom. The highest BCUT2D eigenvalue weighted by molar-refractivity contribution is 7.48. The zero-order valence-corrected chi connectivity index (χ0v) is 12.7.